The first kappa shape index (κ1) is 20.3. The number of nitrogens with one attached hydrogen (secondary N) is 2. The number of aromatic nitrogens is 3. The van der Waals surface area contributed by atoms with Crippen LogP contribution in [0.4, 0.5) is 0 Å². The van der Waals surface area contributed by atoms with Gasteiger partial charge in [-0.15, -0.1) is 10.2 Å². The van der Waals surface area contributed by atoms with Crippen molar-refractivity contribution in [1.29, 1.82) is 0 Å². The third kappa shape index (κ3) is 4.79. The molecule has 1 saturated heterocycles. The second kappa shape index (κ2) is 9.71. The Hall–Kier alpha value is -2.93. The Morgan fingerprint density at radius 1 is 1.17 bits per heavy atom. The summed E-state index contributed by atoms with van der Waals surface area (Å²) in [6.45, 7) is 7.08. The summed E-state index contributed by atoms with van der Waals surface area (Å²) in [5.74, 6) is 2.01. The van der Waals surface area contributed by atoms with E-state index in [4.69, 9.17) is 9.73 Å². The number of nitrogens with zero attached hydrogens (tertiary/aromatic N) is 4. The lowest BCUT2D eigenvalue weighted by molar-refractivity contribution is -0.0265. The van der Waals surface area contributed by atoms with Crippen LogP contribution in [0.25, 0.3) is 5.65 Å². The maximum Gasteiger partial charge on any atom is 0.191 e. The maximum absolute atomic E-state index is 6.15. The Morgan fingerprint density at radius 2 is 2.03 bits per heavy atom. The minimum absolute atomic E-state index is 0.121. The molecule has 30 heavy (non-hydrogen) atoms. The highest BCUT2D eigenvalue weighted by Gasteiger charge is 2.27. The molecule has 0 spiro atoms. The van der Waals surface area contributed by atoms with Crippen molar-refractivity contribution >= 4 is 11.6 Å². The third-order valence-electron chi connectivity index (χ3n) is 5.49. The van der Waals surface area contributed by atoms with Crippen molar-refractivity contribution in [2.75, 3.05) is 19.7 Å². The molecule has 7 heteroatoms. The molecule has 2 unspecified atom stereocenters. The highest BCUT2D eigenvalue weighted by molar-refractivity contribution is 5.79. The van der Waals surface area contributed by atoms with Crippen molar-refractivity contribution < 1.29 is 4.74 Å². The van der Waals surface area contributed by atoms with Crippen molar-refractivity contribution in [3.8, 4) is 0 Å². The highest BCUT2D eigenvalue weighted by Crippen LogP contribution is 2.33. The van der Waals surface area contributed by atoms with E-state index < -0.39 is 0 Å². The number of pyridine rings is 1. The van der Waals surface area contributed by atoms with Gasteiger partial charge in [0.05, 0.1) is 6.10 Å². The van der Waals surface area contributed by atoms with Crippen LogP contribution in [0.2, 0.25) is 0 Å². The molecule has 3 aromatic rings. The van der Waals surface area contributed by atoms with E-state index in [0.717, 1.165) is 50.0 Å². The zero-order valence-corrected chi connectivity index (χ0v) is 17.7. The summed E-state index contributed by atoms with van der Waals surface area (Å²) >= 11 is 0. The third-order valence-corrected chi connectivity index (χ3v) is 5.49. The molecule has 1 fully saturated rings. The first-order valence-corrected chi connectivity index (χ1v) is 10.7. The second-order valence-corrected chi connectivity index (χ2v) is 7.73. The largest absolute Gasteiger partial charge is 0.373 e. The van der Waals surface area contributed by atoms with Crippen molar-refractivity contribution in [2.24, 2.45) is 10.9 Å². The Labute approximate surface area is 177 Å². The quantitative estimate of drug-likeness (QED) is 0.485. The number of hydrogen-bond acceptors (Lipinski definition) is 4. The number of rotatable bonds is 6. The van der Waals surface area contributed by atoms with Crippen LogP contribution >= 0.6 is 0 Å². The predicted molar refractivity (Wildman–Crippen MR) is 118 cm³/mol. The predicted octanol–water partition coefficient (Wildman–Crippen LogP) is 3.26. The van der Waals surface area contributed by atoms with Gasteiger partial charge < -0.3 is 15.4 Å². The average Bonchev–Trinajstić information content (AvgIpc) is 3.20. The standard InChI is InChI=1S/C23H30N6O/c1-3-24-23(26-16-21-28-27-20-8-4-5-13-29(20)21)25-15-19-7-6-14-30-22(19)18-11-9-17(2)10-12-18/h4-5,8-13,19,22H,3,6-7,14-16H2,1-2H3,(H2,24,25,26). The molecule has 158 valence electrons. The first-order chi connectivity index (χ1) is 14.7. The molecule has 0 bridgehead atoms. The second-order valence-electron chi connectivity index (χ2n) is 7.73. The lowest BCUT2D eigenvalue weighted by Gasteiger charge is -2.32. The van der Waals surface area contributed by atoms with E-state index in [2.05, 4.69) is 58.9 Å². The van der Waals surface area contributed by atoms with Gasteiger partial charge in [0.25, 0.3) is 0 Å². The Morgan fingerprint density at radius 3 is 2.87 bits per heavy atom. The summed E-state index contributed by atoms with van der Waals surface area (Å²) in [7, 11) is 0. The minimum atomic E-state index is 0.121. The fourth-order valence-electron chi connectivity index (χ4n) is 3.89. The monoisotopic (exact) mass is 406 g/mol. The molecule has 2 atom stereocenters. The van der Waals surface area contributed by atoms with Crippen molar-refractivity contribution in [1.82, 2.24) is 25.2 Å². The number of ether oxygens (including phenoxy) is 1. The summed E-state index contributed by atoms with van der Waals surface area (Å²) in [6.07, 6.45) is 4.31. The van der Waals surface area contributed by atoms with Crippen LogP contribution in [-0.4, -0.2) is 40.3 Å². The van der Waals surface area contributed by atoms with E-state index in [9.17, 15) is 0 Å². The summed E-state index contributed by atoms with van der Waals surface area (Å²) < 4.78 is 8.12. The maximum atomic E-state index is 6.15. The molecule has 2 aromatic heterocycles. The summed E-state index contributed by atoms with van der Waals surface area (Å²) in [5, 5.41) is 15.3. The van der Waals surface area contributed by atoms with Crippen molar-refractivity contribution in [3.05, 3.63) is 65.6 Å². The van der Waals surface area contributed by atoms with E-state index in [1.807, 2.05) is 28.8 Å². The van der Waals surface area contributed by atoms with Gasteiger partial charge in [0.1, 0.15) is 6.54 Å². The molecule has 3 heterocycles. The van der Waals surface area contributed by atoms with Crippen LogP contribution in [0.5, 0.6) is 0 Å². The van der Waals surface area contributed by atoms with Gasteiger partial charge in [-0.25, -0.2) is 4.99 Å². The van der Waals surface area contributed by atoms with Gasteiger partial charge in [-0.05, 0) is 44.4 Å². The van der Waals surface area contributed by atoms with Crippen LogP contribution < -0.4 is 10.6 Å². The van der Waals surface area contributed by atoms with Gasteiger partial charge in [0, 0.05) is 31.8 Å². The zero-order chi connectivity index (χ0) is 20.8. The molecule has 1 aromatic carbocycles. The molecule has 7 nitrogen and oxygen atoms in total. The number of benzene rings is 1. The molecular formula is C23H30N6O. The van der Waals surface area contributed by atoms with Gasteiger partial charge in [0.15, 0.2) is 17.4 Å². The molecular weight excluding hydrogens is 376 g/mol. The first-order valence-electron chi connectivity index (χ1n) is 10.7. The van der Waals surface area contributed by atoms with Crippen LogP contribution in [0.3, 0.4) is 0 Å². The zero-order valence-electron chi connectivity index (χ0n) is 17.7. The fraction of sp³-hybridized carbons (Fsp3) is 0.435. The molecule has 0 radical (unpaired) electrons. The van der Waals surface area contributed by atoms with Gasteiger partial charge in [0.2, 0.25) is 0 Å². The lowest BCUT2D eigenvalue weighted by Crippen LogP contribution is -2.42. The minimum Gasteiger partial charge on any atom is -0.373 e. The summed E-state index contributed by atoms with van der Waals surface area (Å²) in [5.41, 5.74) is 3.36. The van der Waals surface area contributed by atoms with E-state index in [1.165, 1.54) is 11.1 Å². The normalized spacial score (nSPS) is 19.7. The fourth-order valence-corrected chi connectivity index (χ4v) is 3.89. The molecule has 1 aliphatic rings. The number of aryl methyl sites for hydroxylation is 1. The molecule has 0 amide bonds. The van der Waals surface area contributed by atoms with Gasteiger partial charge in [-0.3, -0.25) is 4.40 Å². The van der Waals surface area contributed by atoms with E-state index >= 15 is 0 Å². The van der Waals surface area contributed by atoms with Gasteiger partial charge in [-0.1, -0.05) is 35.9 Å². The van der Waals surface area contributed by atoms with E-state index in [1.54, 1.807) is 0 Å². The molecule has 2 N–H and O–H groups in total. The SMILES string of the molecule is CCNC(=NCc1nnc2ccccn12)NCC1CCCOC1c1ccc(C)cc1. The van der Waals surface area contributed by atoms with Crippen LogP contribution in [0, 0.1) is 12.8 Å². The number of hydrogen-bond donors (Lipinski definition) is 2. The Kier molecular flexibility index (Phi) is 6.59. The summed E-state index contributed by atoms with van der Waals surface area (Å²) in [6, 6.07) is 14.6. The highest BCUT2D eigenvalue weighted by atomic mass is 16.5. The molecule has 0 saturated carbocycles. The Balaban J connectivity index is 1.43. The van der Waals surface area contributed by atoms with Crippen molar-refractivity contribution in [3.63, 3.8) is 0 Å². The van der Waals surface area contributed by atoms with E-state index in [0.29, 0.717) is 12.5 Å². The molecule has 4 rings (SSSR count). The van der Waals surface area contributed by atoms with Gasteiger partial charge >= 0.3 is 0 Å². The number of aliphatic imine (C=N–C) groups is 1. The molecule has 1 aliphatic heterocycles. The lowest BCUT2D eigenvalue weighted by atomic mass is 9.89. The van der Waals surface area contributed by atoms with Gasteiger partial charge in [-0.2, -0.15) is 0 Å². The molecule has 0 aliphatic carbocycles. The van der Waals surface area contributed by atoms with E-state index in [-0.39, 0.29) is 6.10 Å². The van der Waals surface area contributed by atoms with Crippen LogP contribution in [0.1, 0.15) is 42.8 Å². The Bertz CT molecular complexity index is 981. The smallest absolute Gasteiger partial charge is 0.191 e. The number of fused-ring (bicyclic) bond motifs is 1. The van der Waals surface area contributed by atoms with Crippen LogP contribution in [-0.2, 0) is 11.3 Å². The van der Waals surface area contributed by atoms with Crippen LogP contribution in [0.15, 0.2) is 53.7 Å². The summed E-state index contributed by atoms with van der Waals surface area (Å²) in [4.78, 5) is 4.73. The van der Waals surface area contributed by atoms with Crippen molar-refractivity contribution in [2.45, 2.75) is 39.3 Å². The average molecular weight is 407 g/mol. The number of guanidine groups is 1. The topological polar surface area (TPSA) is 75.8 Å².